The molecule has 1 atom stereocenters. The lowest BCUT2D eigenvalue weighted by atomic mass is 9.84. The van der Waals surface area contributed by atoms with Gasteiger partial charge in [-0.25, -0.2) is 10.5 Å². The first kappa shape index (κ1) is 20.8. The molecule has 3 rings (SSSR count). The Labute approximate surface area is 170 Å². The first-order valence-electron chi connectivity index (χ1n) is 9.82. The first-order chi connectivity index (χ1) is 13.7. The van der Waals surface area contributed by atoms with Crippen molar-refractivity contribution in [2.24, 2.45) is 11.3 Å². The second-order valence-corrected chi connectivity index (χ2v) is 8.90. The number of hydrogen-bond donors (Lipinski definition) is 3. The molecule has 0 radical (unpaired) electrons. The Balaban J connectivity index is 2.03. The third-order valence-electron chi connectivity index (χ3n) is 4.70. The van der Waals surface area contributed by atoms with Crippen LogP contribution in [0, 0.1) is 18.3 Å². The van der Waals surface area contributed by atoms with E-state index in [1.807, 2.05) is 31.2 Å². The van der Waals surface area contributed by atoms with Gasteiger partial charge < -0.3 is 0 Å². The number of rotatable bonds is 6. The van der Waals surface area contributed by atoms with Gasteiger partial charge in [-0.3, -0.25) is 19.7 Å². The molecule has 2 heterocycles. The van der Waals surface area contributed by atoms with Crippen molar-refractivity contribution < 1.29 is 10.0 Å². The van der Waals surface area contributed by atoms with E-state index in [0.29, 0.717) is 5.92 Å². The molecule has 0 aliphatic carbocycles. The molecular formula is C22H29N5O2. The van der Waals surface area contributed by atoms with Crippen LogP contribution in [0.25, 0.3) is 22.9 Å². The number of aromatic nitrogens is 4. The molecule has 3 N–H and O–H groups in total. The highest BCUT2D eigenvalue weighted by Crippen LogP contribution is 2.29. The van der Waals surface area contributed by atoms with Gasteiger partial charge in [-0.05, 0) is 48.4 Å². The van der Waals surface area contributed by atoms with Gasteiger partial charge in [-0.15, -0.1) is 0 Å². The predicted octanol–water partition coefficient (Wildman–Crippen LogP) is 4.19. The van der Waals surface area contributed by atoms with Crippen LogP contribution in [-0.4, -0.2) is 30.9 Å². The topological polar surface area (TPSA) is 95.8 Å². The zero-order valence-electron chi connectivity index (χ0n) is 17.7. The van der Waals surface area contributed by atoms with Crippen LogP contribution in [0.15, 0.2) is 30.3 Å². The maximum absolute atomic E-state index is 11.3. The van der Waals surface area contributed by atoms with E-state index in [2.05, 4.69) is 42.5 Å². The van der Waals surface area contributed by atoms with Crippen LogP contribution >= 0.6 is 0 Å². The van der Waals surface area contributed by atoms with Crippen molar-refractivity contribution in [1.82, 2.24) is 25.2 Å². The van der Waals surface area contributed by atoms with Gasteiger partial charge in [-0.2, -0.15) is 5.10 Å². The van der Waals surface area contributed by atoms with Gasteiger partial charge in [0.15, 0.2) is 5.82 Å². The molecule has 29 heavy (non-hydrogen) atoms. The number of nitrogens with one attached hydrogen (secondary N) is 2. The molecule has 0 fully saturated rings. The number of aromatic amines is 1. The number of carbonyl (C=O) groups is 1. The Morgan fingerprint density at radius 3 is 2.72 bits per heavy atom. The molecule has 1 amide bonds. The van der Waals surface area contributed by atoms with Crippen LogP contribution in [0.4, 0.5) is 0 Å². The summed E-state index contributed by atoms with van der Waals surface area (Å²) < 4.78 is 2.10. The monoisotopic (exact) mass is 395 g/mol. The molecule has 2 aromatic heterocycles. The minimum atomic E-state index is -0.570. The lowest BCUT2D eigenvalue weighted by Gasteiger charge is -2.23. The summed E-state index contributed by atoms with van der Waals surface area (Å²) in [7, 11) is 0. The van der Waals surface area contributed by atoms with Gasteiger partial charge in [0.25, 0.3) is 5.91 Å². The van der Waals surface area contributed by atoms with E-state index in [9.17, 15) is 4.79 Å². The number of carbonyl (C=O) groups excluding carboxylic acids is 1. The highest BCUT2D eigenvalue weighted by molar-refractivity contribution is 5.91. The van der Waals surface area contributed by atoms with E-state index >= 15 is 0 Å². The molecule has 7 nitrogen and oxygen atoms in total. The Kier molecular flexibility index (Phi) is 5.88. The van der Waals surface area contributed by atoms with Crippen molar-refractivity contribution in [3.05, 3.63) is 47.4 Å². The number of fused-ring (bicyclic) bond motifs is 1. The summed E-state index contributed by atoms with van der Waals surface area (Å²) >= 11 is 0. The van der Waals surface area contributed by atoms with Crippen molar-refractivity contribution in [3.63, 3.8) is 0 Å². The molecule has 154 valence electrons. The highest BCUT2D eigenvalue weighted by Gasteiger charge is 2.20. The minimum absolute atomic E-state index is 0.254. The first-order valence-corrected chi connectivity index (χ1v) is 9.82. The van der Waals surface area contributed by atoms with E-state index in [0.717, 1.165) is 46.8 Å². The summed E-state index contributed by atoms with van der Waals surface area (Å²) in [5, 5.41) is 16.1. The van der Waals surface area contributed by atoms with Crippen molar-refractivity contribution in [2.45, 2.75) is 47.5 Å². The maximum Gasteiger partial charge on any atom is 0.267 e. The standard InChI is InChI=1S/C22H29N5O2/c1-14(13-22(3,4)5)10-19-23-17-12-16(7-9-21(28)26-29)6-8-18(17)27(19)20-11-15(2)24-25-20/h6-9,11-12,14,29H,10,13H2,1-5H3,(H,24,25)(H,26,28)/b9-7+. The lowest BCUT2D eigenvalue weighted by Crippen LogP contribution is -2.15. The molecule has 3 aromatic rings. The normalized spacial score (nSPS) is 13.3. The van der Waals surface area contributed by atoms with Gasteiger partial charge in [0.2, 0.25) is 0 Å². The van der Waals surface area contributed by atoms with Gasteiger partial charge in [-0.1, -0.05) is 33.8 Å². The minimum Gasteiger partial charge on any atom is -0.288 e. The van der Waals surface area contributed by atoms with Crippen LogP contribution in [-0.2, 0) is 11.2 Å². The van der Waals surface area contributed by atoms with E-state index in [1.165, 1.54) is 6.08 Å². The van der Waals surface area contributed by atoms with Crippen LogP contribution in [0.1, 0.15) is 51.2 Å². The van der Waals surface area contributed by atoms with Crippen LogP contribution < -0.4 is 5.48 Å². The third kappa shape index (κ3) is 5.12. The lowest BCUT2D eigenvalue weighted by molar-refractivity contribution is -0.124. The average molecular weight is 396 g/mol. The highest BCUT2D eigenvalue weighted by atomic mass is 16.5. The Bertz CT molecular complexity index is 1040. The second-order valence-electron chi connectivity index (χ2n) is 8.90. The summed E-state index contributed by atoms with van der Waals surface area (Å²) in [5.41, 5.74) is 5.48. The Morgan fingerprint density at radius 2 is 2.10 bits per heavy atom. The van der Waals surface area contributed by atoms with Gasteiger partial charge in [0.1, 0.15) is 5.82 Å². The van der Waals surface area contributed by atoms with Crippen LogP contribution in [0.3, 0.4) is 0 Å². The molecule has 0 aliphatic rings. The number of nitrogens with zero attached hydrogens (tertiary/aromatic N) is 3. The molecule has 0 spiro atoms. The van der Waals surface area contributed by atoms with E-state index < -0.39 is 5.91 Å². The number of H-pyrrole nitrogens is 1. The SMILES string of the molecule is Cc1cc(-n2c(CC(C)CC(C)(C)C)nc3cc(/C=C/C(=O)NO)ccc32)n[nH]1. The fourth-order valence-corrected chi connectivity index (χ4v) is 3.80. The Morgan fingerprint density at radius 1 is 1.34 bits per heavy atom. The predicted molar refractivity (Wildman–Crippen MR) is 114 cm³/mol. The Hall–Kier alpha value is -2.93. The molecule has 0 saturated carbocycles. The zero-order chi connectivity index (χ0) is 21.2. The van der Waals surface area contributed by atoms with Crippen molar-refractivity contribution in [3.8, 4) is 5.82 Å². The summed E-state index contributed by atoms with van der Waals surface area (Å²) in [6.45, 7) is 11.0. The number of aryl methyl sites for hydroxylation is 1. The van der Waals surface area contributed by atoms with E-state index in [1.54, 1.807) is 11.6 Å². The molecule has 0 bridgehead atoms. The summed E-state index contributed by atoms with van der Waals surface area (Å²) in [5.74, 6) is 1.70. The molecular weight excluding hydrogens is 366 g/mol. The van der Waals surface area contributed by atoms with Gasteiger partial charge in [0, 0.05) is 24.3 Å². The van der Waals surface area contributed by atoms with Gasteiger partial charge in [0.05, 0.1) is 11.0 Å². The van der Waals surface area contributed by atoms with E-state index in [-0.39, 0.29) is 5.41 Å². The van der Waals surface area contributed by atoms with Crippen LogP contribution in [0.2, 0.25) is 0 Å². The summed E-state index contributed by atoms with van der Waals surface area (Å²) in [4.78, 5) is 16.2. The van der Waals surface area contributed by atoms with Crippen molar-refractivity contribution in [1.29, 1.82) is 0 Å². The average Bonchev–Trinajstić information content (AvgIpc) is 3.20. The van der Waals surface area contributed by atoms with Gasteiger partial charge >= 0.3 is 0 Å². The number of hydrogen-bond acceptors (Lipinski definition) is 4. The molecule has 1 unspecified atom stereocenters. The fraction of sp³-hybridized carbons (Fsp3) is 0.409. The fourth-order valence-electron chi connectivity index (χ4n) is 3.80. The second kappa shape index (κ2) is 8.21. The molecule has 7 heteroatoms. The summed E-state index contributed by atoms with van der Waals surface area (Å²) in [6.07, 6.45) is 4.86. The number of hydroxylamine groups is 1. The third-order valence-corrected chi connectivity index (χ3v) is 4.70. The number of benzene rings is 1. The zero-order valence-corrected chi connectivity index (χ0v) is 17.7. The maximum atomic E-state index is 11.3. The molecule has 0 saturated heterocycles. The van der Waals surface area contributed by atoms with Crippen LogP contribution in [0.5, 0.6) is 0 Å². The van der Waals surface area contributed by atoms with E-state index in [4.69, 9.17) is 10.2 Å². The molecule has 0 aliphatic heterocycles. The summed E-state index contributed by atoms with van der Waals surface area (Å²) in [6, 6.07) is 7.85. The number of imidazole rings is 1. The van der Waals surface area contributed by atoms with Crippen molar-refractivity contribution >= 4 is 23.0 Å². The molecule has 1 aromatic carbocycles. The quantitative estimate of drug-likeness (QED) is 0.331. The number of amides is 1. The van der Waals surface area contributed by atoms with Crippen molar-refractivity contribution in [2.75, 3.05) is 0 Å². The smallest absolute Gasteiger partial charge is 0.267 e. The largest absolute Gasteiger partial charge is 0.288 e.